The van der Waals surface area contributed by atoms with Crippen molar-refractivity contribution < 1.29 is 9.47 Å². The SMILES string of the molecule is CCOc1ccc(C=C2C(C)=C(C#N)c3nc(N)c(C#N)c(C)c32)cc1OCC. The summed E-state index contributed by atoms with van der Waals surface area (Å²) in [6.07, 6.45) is 1.97. The summed E-state index contributed by atoms with van der Waals surface area (Å²) in [5.41, 5.74) is 11.3. The zero-order valence-corrected chi connectivity index (χ0v) is 17.0. The van der Waals surface area contributed by atoms with Crippen LogP contribution in [0.3, 0.4) is 0 Å². The third kappa shape index (κ3) is 3.41. The van der Waals surface area contributed by atoms with Crippen molar-refractivity contribution in [3.8, 4) is 23.6 Å². The summed E-state index contributed by atoms with van der Waals surface area (Å²) in [5, 5.41) is 19.1. The second kappa shape index (κ2) is 8.08. The van der Waals surface area contributed by atoms with Gasteiger partial charge in [-0.2, -0.15) is 10.5 Å². The number of nitrogens with zero attached hydrogens (tertiary/aromatic N) is 3. The highest BCUT2D eigenvalue weighted by Gasteiger charge is 2.29. The fraction of sp³-hybridized carbons (Fsp3) is 0.261. The van der Waals surface area contributed by atoms with Crippen LogP contribution in [-0.4, -0.2) is 18.2 Å². The number of nitriles is 2. The number of ether oxygens (including phenoxy) is 2. The zero-order chi connectivity index (χ0) is 21.1. The average Bonchev–Trinajstić information content (AvgIpc) is 2.95. The molecule has 0 amide bonds. The Hall–Kier alpha value is -3.77. The predicted molar refractivity (Wildman–Crippen MR) is 113 cm³/mol. The normalized spacial score (nSPS) is 13.8. The summed E-state index contributed by atoms with van der Waals surface area (Å²) in [4.78, 5) is 4.35. The molecule has 1 heterocycles. The van der Waals surface area contributed by atoms with Gasteiger partial charge in [0.05, 0.1) is 30.0 Å². The molecule has 0 saturated carbocycles. The van der Waals surface area contributed by atoms with Crippen LogP contribution in [-0.2, 0) is 0 Å². The molecule has 2 aromatic rings. The minimum absolute atomic E-state index is 0.144. The summed E-state index contributed by atoms with van der Waals surface area (Å²) in [6.45, 7) is 8.63. The van der Waals surface area contributed by atoms with E-state index >= 15 is 0 Å². The van der Waals surface area contributed by atoms with Crippen LogP contribution in [0.5, 0.6) is 11.5 Å². The van der Waals surface area contributed by atoms with Crippen LogP contribution in [0.15, 0.2) is 23.8 Å². The summed E-state index contributed by atoms with van der Waals surface area (Å²) in [5.74, 6) is 1.49. The average molecular weight is 386 g/mol. The molecule has 1 aliphatic rings. The molecule has 6 heteroatoms. The largest absolute Gasteiger partial charge is 0.490 e. The third-order valence-electron chi connectivity index (χ3n) is 4.86. The van der Waals surface area contributed by atoms with Gasteiger partial charge in [-0.05, 0) is 68.2 Å². The first-order valence-electron chi connectivity index (χ1n) is 9.40. The predicted octanol–water partition coefficient (Wildman–Crippen LogP) is 4.49. The Morgan fingerprint density at radius 3 is 2.38 bits per heavy atom. The monoisotopic (exact) mass is 386 g/mol. The highest BCUT2D eigenvalue weighted by molar-refractivity contribution is 6.08. The number of hydrogen-bond acceptors (Lipinski definition) is 6. The fourth-order valence-corrected chi connectivity index (χ4v) is 3.52. The smallest absolute Gasteiger partial charge is 0.161 e. The van der Waals surface area contributed by atoms with Gasteiger partial charge in [0.25, 0.3) is 0 Å². The molecule has 0 bridgehead atoms. The van der Waals surface area contributed by atoms with Gasteiger partial charge in [-0.1, -0.05) is 6.07 Å². The Morgan fingerprint density at radius 2 is 1.76 bits per heavy atom. The van der Waals surface area contributed by atoms with Crippen molar-refractivity contribution >= 4 is 23.0 Å². The van der Waals surface area contributed by atoms with Gasteiger partial charge in [-0.15, -0.1) is 0 Å². The molecular weight excluding hydrogens is 364 g/mol. The molecule has 0 fully saturated rings. The molecule has 0 saturated heterocycles. The molecule has 1 aromatic carbocycles. The molecule has 146 valence electrons. The van der Waals surface area contributed by atoms with Crippen molar-refractivity contribution in [3.05, 3.63) is 51.7 Å². The number of benzene rings is 1. The number of nitrogens with two attached hydrogens (primary N) is 1. The van der Waals surface area contributed by atoms with E-state index in [0.717, 1.165) is 27.8 Å². The van der Waals surface area contributed by atoms with Crippen LogP contribution in [0.25, 0.3) is 17.2 Å². The molecular formula is C23H22N4O2. The van der Waals surface area contributed by atoms with Crippen molar-refractivity contribution in [1.82, 2.24) is 4.98 Å². The molecule has 0 unspecified atom stereocenters. The number of hydrogen-bond donors (Lipinski definition) is 1. The van der Waals surface area contributed by atoms with Gasteiger partial charge in [-0.3, -0.25) is 0 Å². The highest BCUT2D eigenvalue weighted by Crippen LogP contribution is 2.44. The lowest BCUT2D eigenvalue weighted by molar-refractivity contribution is 0.287. The molecule has 0 spiro atoms. The maximum absolute atomic E-state index is 9.67. The van der Waals surface area contributed by atoms with E-state index in [2.05, 4.69) is 17.1 Å². The Labute approximate surface area is 170 Å². The van der Waals surface area contributed by atoms with Gasteiger partial charge in [0.2, 0.25) is 0 Å². The van der Waals surface area contributed by atoms with Crippen molar-refractivity contribution in [2.24, 2.45) is 0 Å². The molecule has 6 nitrogen and oxygen atoms in total. The molecule has 0 aliphatic heterocycles. The molecule has 0 radical (unpaired) electrons. The Kier molecular flexibility index (Phi) is 5.57. The van der Waals surface area contributed by atoms with Gasteiger partial charge in [0.1, 0.15) is 18.0 Å². The Morgan fingerprint density at radius 1 is 1.07 bits per heavy atom. The van der Waals surface area contributed by atoms with Crippen LogP contribution in [0.2, 0.25) is 0 Å². The summed E-state index contributed by atoms with van der Waals surface area (Å²) < 4.78 is 11.3. The highest BCUT2D eigenvalue weighted by atomic mass is 16.5. The lowest BCUT2D eigenvalue weighted by Gasteiger charge is -2.13. The summed E-state index contributed by atoms with van der Waals surface area (Å²) in [6, 6.07) is 10.1. The number of pyridine rings is 1. The third-order valence-corrected chi connectivity index (χ3v) is 4.86. The fourth-order valence-electron chi connectivity index (χ4n) is 3.52. The summed E-state index contributed by atoms with van der Waals surface area (Å²) >= 11 is 0. The number of fused-ring (bicyclic) bond motifs is 1. The van der Waals surface area contributed by atoms with Crippen LogP contribution in [0.1, 0.15) is 48.7 Å². The van der Waals surface area contributed by atoms with Gasteiger partial charge < -0.3 is 15.2 Å². The topological polar surface area (TPSA) is 105 Å². The van der Waals surface area contributed by atoms with Gasteiger partial charge in [-0.25, -0.2) is 4.98 Å². The van der Waals surface area contributed by atoms with E-state index in [1.54, 1.807) is 0 Å². The number of allylic oxidation sites excluding steroid dienone is 3. The number of anilines is 1. The van der Waals surface area contributed by atoms with E-state index in [1.165, 1.54) is 0 Å². The van der Waals surface area contributed by atoms with Crippen LogP contribution < -0.4 is 15.2 Å². The van der Waals surface area contributed by atoms with Crippen LogP contribution in [0.4, 0.5) is 5.82 Å². The maximum atomic E-state index is 9.67. The van der Waals surface area contributed by atoms with E-state index in [4.69, 9.17) is 15.2 Å². The standard InChI is InChI=1S/C23H22N4O2/c1-5-28-19-8-7-15(10-20(19)29-6-2)9-16-13(3)17(11-24)22-21(16)14(4)18(12-25)23(26)27-22/h7-10H,5-6H2,1-4H3,(H2,26,27). The Bertz CT molecular complexity index is 1130. The van der Waals surface area contributed by atoms with E-state index in [9.17, 15) is 10.5 Å². The van der Waals surface area contributed by atoms with Crippen molar-refractivity contribution in [2.75, 3.05) is 18.9 Å². The zero-order valence-electron chi connectivity index (χ0n) is 17.0. The second-order valence-electron chi connectivity index (χ2n) is 6.57. The van der Waals surface area contributed by atoms with Crippen molar-refractivity contribution in [3.63, 3.8) is 0 Å². The van der Waals surface area contributed by atoms with E-state index in [0.29, 0.717) is 41.5 Å². The molecule has 2 N–H and O–H groups in total. The molecule has 0 atom stereocenters. The minimum Gasteiger partial charge on any atom is -0.490 e. The molecule has 3 rings (SSSR count). The second-order valence-corrected chi connectivity index (χ2v) is 6.57. The first kappa shape index (κ1) is 20.0. The Balaban J connectivity index is 2.22. The quantitative estimate of drug-likeness (QED) is 0.811. The molecule has 1 aromatic heterocycles. The van der Waals surface area contributed by atoms with Crippen LogP contribution >= 0.6 is 0 Å². The lowest BCUT2D eigenvalue weighted by Crippen LogP contribution is -2.03. The van der Waals surface area contributed by atoms with Crippen LogP contribution in [0, 0.1) is 29.6 Å². The maximum Gasteiger partial charge on any atom is 0.161 e. The first-order chi connectivity index (χ1) is 14.0. The van der Waals surface area contributed by atoms with Gasteiger partial charge >= 0.3 is 0 Å². The van der Waals surface area contributed by atoms with Crippen molar-refractivity contribution in [2.45, 2.75) is 27.7 Å². The number of aromatic nitrogens is 1. The van der Waals surface area contributed by atoms with E-state index < -0.39 is 0 Å². The lowest BCUT2D eigenvalue weighted by atomic mass is 9.95. The number of nitrogen functional groups attached to an aromatic ring is 1. The minimum atomic E-state index is 0.144. The molecule has 1 aliphatic carbocycles. The first-order valence-corrected chi connectivity index (χ1v) is 9.40. The van der Waals surface area contributed by atoms with E-state index in [1.807, 2.05) is 52.0 Å². The van der Waals surface area contributed by atoms with Gasteiger partial charge in [0, 0.05) is 5.56 Å². The summed E-state index contributed by atoms with van der Waals surface area (Å²) in [7, 11) is 0. The van der Waals surface area contributed by atoms with Crippen molar-refractivity contribution in [1.29, 1.82) is 10.5 Å². The number of rotatable bonds is 5. The van der Waals surface area contributed by atoms with E-state index in [-0.39, 0.29) is 5.82 Å². The van der Waals surface area contributed by atoms with Gasteiger partial charge in [0.15, 0.2) is 11.5 Å². The molecule has 29 heavy (non-hydrogen) atoms.